The largest absolute Gasteiger partial charge is 0.480 e. The number of carbonyl (C=O) groups is 2. The maximum absolute atomic E-state index is 10.7. The van der Waals surface area contributed by atoms with Crippen molar-refractivity contribution in [3.63, 3.8) is 0 Å². The molecule has 0 aliphatic carbocycles. The molecular weight excluding hydrogens is 192 g/mol. The van der Waals surface area contributed by atoms with Gasteiger partial charge in [0.05, 0.1) is 5.25 Å². The Morgan fingerprint density at radius 2 is 2.08 bits per heavy atom. The summed E-state index contributed by atoms with van der Waals surface area (Å²) in [5.41, 5.74) is 10.3. The molecule has 2 unspecified atom stereocenters. The van der Waals surface area contributed by atoms with E-state index in [4.69, 9.17) is 16.6 Å². The van der Waals surface area contributed by atoms with Gasteiger partial charge >= 0.3 is 5.97 Å². The molecule has 13 heavy (non-hydrogen) atoms. The molecule has 0 saturated heterocycles. The molecule has 0 spiro atoms. The lowest BCUT2D eigenvalue weighted by atomic mass is 10.3. The number of thioether (sulfide) groups is 1. The van der Waals surface area contributed by atoms with Crippen molar-refractivity contribution in [1.82, 2.24) is 0 Å². The molecule has 0 aromatic rings. The number of carboxylic acid groups (broad SMARTS) is 1. The van der Waals surface area contributed by atoms with Crippen LogP contribution in [0, 0.1) is 0 Å². The second-order valence-corrected chi connectivity index (χ2v) is 3.81. The summed E-state index contributed by atoms with van der Waals surface area (Å²) in [6, 6.07) is -0.932. The van der Waals surface area contributed by atoms with E-state index in [2.05, 4.69) is 0 Å². The van der Waals surface area contributed by atoms with Gasteiger partial charge in [-0.2, -0.15) is 0 Å². The maximum Gasteiger partial charge on any atom is 0.321 e. The quantitative estimate of drug-likeness (QED) is 0.537. The van der Waals surface area contributed by atoms with Gasteiger partial charge in [-0.15, -0.1) is 11.8 Å². The van der Waals surface area contributed by atoms with Crippen molar-refractivity contribution in [2.24, 2.45) is 11.5 Å². The number of carbonyl (C=O) groups excluding carboxylic acids is 1. The van der Waals surface area contributed by atoms with Gasteiger partial charge in [-0.05, 0) is 6.42 Å². The average molecular weight is 206 g/mol. The van der Waals surface area contributed by atoms with Gasteiger partial charge in [0.15, 0.2) is 0 Å². The highest BCUT2D eigenvalue weighted by Gasteiger charge is 2.18. The molecule has 0 heterocycles. The van der Waals surface area contributed by atoms with Gasteiger partial charge in [0.2, 0.25) is 5.91 Å². The van der Waals surface area contributed by atoms with E-state index in [1.807, 2.05) is 6.92 Å². The minimum atomic E-state index is -1.06. The Balaban J connectivity index is 3.85. The van der Waals surface area contributed by atoms with E-state index < -0.39 is 17.9 Å². The zero-order chi connectivity index (χ0) is 10.4. The lowest BCUT2D eigenvalue weighted by Gasteiger charge is -2.11. The SMILES string of the molecule is CCC(SCC(N)C(=O)O)C(N)=O. The van der Waals surface area contributed by atoms with Gasteiger partial charge in [-0.1, -0.05) is 6.92 Å². The molecule has 0 saturated carbocycles. The highest BCUT2D eigenvalue weighted by atomic mass is 32.2. The Bertz CT molecular complexity index is 198. The van der Waals surface area contributed by atoms with Crippen LogP contribution < -0.4 is 11.5 Å². The summed E-state index contributed by atoms with van der Waals surface area (Å²) in [5.74, 6) is -1.28. The third-order valence-electron chi connectivity index (χ3n) is 1.48. The summed E-state index contributed by atoms with van der Waals surface area (Å²) < 4.78 is 0. The Kier molecular flexibility index (Phi) is 5.48. The van der Waals surface area contributed by atoms with Gasteiger partial charge in [0.25, 0.3) is 0 Å². The van der Waals surface area contributed by atoms with E-state index in [0.29, 0.717) is 6.42 Å². The second kappa shape index (κ2) is 5.82. The number of rotatable bonds is 6. The highest BCUT2D eigenvalue weighted by molar-refractivity contribution is 8.00. The zero-order valence-corrected chi connectivity index (χ0v) is 8.21. The average Bonchev–Trinajstić information content (AvgIpc) is 2.04. The van der Waals surface area contributed by atoms with Crippen LogP contribution in [-0.2, 0) is 9.59 Å². The minimum Gasteiger partial charge on any atom is -0.480 e. The fourth-order valence-corrected chi connectivity index (χ4v) is 1.67. The van der Waals surface area contributed by atoms with Crippen molar-refractivity contribution in [3.8, 4) is 0 Å². The van der Waals surface area contributed by atoms with Crippen molar-refractivity contribution < 1.29 is 14.7 Å². The lowest BCUT2D eigenvalue weighted by molar-refractivity contribution is -0.138. The van der Waals surface area contributed by atoms with E-state index in [1.54, 1.807) is 0 Å². The Hall–Kier alpha value is -0.750. The number of hydrogen-bond donors (Lipinski definition) is 3. The van der Waals surface area contributed by atoms with Crippen molar-refractivity contribution in [1.29, 1.82) is 0 Å². The Morgan fingerprint density at radius 1 is 1.54 bits per heavy atom. The van der Waals surface area contributed by atoms with Crippen molar-refractivity contribution in [2.45, 2.75) is 24.6 Å². The summed E-state index contributed by atoms with van der Waals surface area (Å²) in [7, 11) is 0. The molecule has 0 radical (unpaired) electrons. The van der Waals surface area contributed by atoms with E-state index in [-0.39, 0.29) is 11.0 Å². The van der Waals surface area contributed by atoms with Crippen molar-refractivity contribution >= 4 is 23.6 Å². The minimum absolute atomic E-state index is 0.205. The lowest BCUT2D eigenvalue weighted by Crippen LogP contribution is -2.35. The van der Waals surface area contributed by atoms with Crippen LogP contribution in [0.4, 0.5) is 0 Å². The molecule has 0 aliphatic heterocycles. The van der Waals surface area contributed by atoms with Crippen molar-refractivity contribution in [3.05, 3.63) is 0 Å². The number of aliphatic carboxylic acids is 1. The topological polar surface area (TPSA) is 106 Å². The normalized spacial score (nSPS) is 14.9. The van der Waals surface area contributed by atoms with E-state index in [0.717, 1.165) is 0 Å². The monoisotopic (exact) mass is 206 g/mol. The smallest absolute Gasteiger partial charge is 0.321 e. The number of hydrogen-bond acceptors (Lipinski definition) is 4. The molecule has 2 atom stereocenters. The first-order chi connectivity index (χ1) is 5.99. The molecule has 0 aliphatic rings. The predicted molar refractivity (Wildman–Crippen MR) is 51.3 cm³/mol. The number of carboxylic acids is 1. The van der Waals surface area contributed by atoms with Crippen LogP contribution in [-0.4, -0.2) is 34.0 Å². The number of primary amides is 1. The third-order valence-corrected chi connectivity index (χ3v) is 3.00. The summed E-state index contributed by atoms with van der Waals surface area (Å²) in [6.45, 7) is 1.81. The molecule has 6 heteroatoms. The second-order valence-electron chi connectivity index (χ2n) is 2.58. The van der Waals surface area contributed by atoms with Crippen LogP contribution in [0.1, 0.15) is 13.3 Å². The third kappa shape index (κ3) is 4.74. The summed E-state index contributed by atoms with van der Waals surface area (Å²) in [4.78, 5) is 21.0. The predicted octanol–water partition coefficient (Wildman–Crippen LogP) is -0.605. The van der Waals surface area contributed by atoms with E-state index >= 15 is 0 Å². The molecule has 0 aromatic heterocycles. The van der Waals surface area contributed by atoms with Gasteiger partial charge in [0.1, 0.15) is 6.04 Å². The highest BCUT2D eigenvalue weighted by Crippen LogP contribution is 2.14. The molecule has 5 nitrogen and oxygen atoms in total. The van der Waals surface area contributed by atoms with Crippen LogP contribution >= 0.6 is 11.8 Å². The Labute approximate surface area is 80.8 Å². The summed E-state index contributed by atoms with van der Waals surface area (Å²) in [6.07, 6.45) is 0.590. The van der Waals surface area contributed by atoms with Crippen LogP contribution in [0.3, 0.4) is 0 Å². The van der Waals surface area contributed by atoms with Crippen LogP contribution in [0.25, 0.3) is 0 Å². The number of amides is 1. The first-order valence-corrected chi connectivity index (χ1v) is 4.93. The van der Waals surface area contributed by atoms with Crippen molar-refractivity contribution in [2.75, 3.05) is 5.75 Å². The van der Waals surface area contributed by atoms with Gasteiger partial charge in [0, 0.05) is 5.75 Å². The van der Waals surface area contributed by atoms with Crippen LogP contribution in [0.5, 0.6) is 0 Å². The fourth-order valence-electron chi connectivity index (χ4n) is 0.692. The molecule has 76 valence electrons. The molecule has 0 rings (SSSR count). The zero-order valence-electron chi connectivity index (χ0n) is 7.40. The summed E-state index contributed by atoms with van der Waals surface area (Å²) >= 11 is 1.19. The summed E-state index contributed by atoms with van der Waals surface area (Å²) in [5, 5.41) is 8.11. The molecule has 0 aromatic carbocycles. The van der Waals surface area contributed by atoms with E-state index in [9.17, 15) is 9.59 Å². The fraction of sp³-hybridized carbons (Fsp3) is 0.714. The molecular formula is C7H14N2O3S. The molecule has 1 amide bonds. The molecule has 5 N–H and O–H groups in total. The van der Waals surface area contributed by atoms with Crippen LogP contribution in [0.15, 0.2) is 0 Å². The van der Waals surface area contributed by atoms with E-state index in [1.165, 1.54) is 11.8 Å². The maximum atomic E-state index is 10.7. The van der Waals surface area contributed by atoms with Crippen LogP contribution in [0.2, 0.25) is 0 Å². The molecule has 0 fully saturated rings. The molecule has 0 bridgehead atoms. The first-order valence-electron chi connectivity index (χ1n) is 3.88. The number of nitrogens with two attached hydrogens (primary N) is 2. The Morgan fingerprint density at radius 3 is 2.38 bits per heavy atom. The standard InChI is InChI=1S/C7H14N2O3S/c1-2-5(6(9)10)13-3-4(8)7(11)12/h4-5H,2-3,8H2,1H3,(H2,9,10)(H,11,12). The van der Waals surface area contributed by atoms with Gasteiger partial charge in [-0.3, -0.25) is 9.59 Å². The first kappa shape index (κ1) is 12.2. The van der Waals surface area contributed by atoms with Gasteiger partial charge in [-0.25, -0.2) is 0 Å². The van der Waals surface area contributed by atoms with Gasteiger partial charge < -0.3 is 16.6 Å².